The van der Waals surface area contributed by atoms with Gasteiger partial charge < -0.3 is 19.9 Å². The van der Waals surface area contributed by atoms with Gasteiger partial charge in [0.2, 0.25) is 5.95 Å². The Morgan fingerprint density at radius 1 is 1.14 bits per heavy atom. The van der Waals surface area contributed by atoms with Crippen molar-refractivity contribution in [3.8, 4) is 0 Å². The zero-order chi connectivity index (χ0) is 20.1. The standard InChI is InChI=1S/C20H25N5O3/c1-4-28-20(27)25-10-8-24(9-11-25)18-12-14(2)21-19(23-18)22-17-7-5-6-16(13-17)15(3)26/h5-7,12-13H,4,8-11H2,1-3H3,(H,21,22,23). The maximum Gasteiger partial charge on any atom is 0.409 e. The number of hydrogen-bond acceptors (Lipinski definition) is 7. The van der Waals surface area contributed by atoms with Gasteiger partial charge in [-0.15, -0.1) is 0 Å². The first-order valence-corrected chi connectivity index (χ1v) is 9.36. The molecule has 0 saturated carbocycles. The first-order valence-electron chi connectivity index (χ1n) is 9.36. The molecule has 2 heterocycles. The van der Waals surface area contributed by atoms with Gasteiger partial charge in [-0.1, -0.05) is 12.1 Å². The molecule has 1 amide bonds. The minimum absolute atomic E-state index is 0.00831. The molecule has 28 heavy (non-hydrogen) atoms. The van der Waals surface area contributed by atoms with E-state index in [-0.39, 0.29) is 11.9 Å². The Labute approximate surface area is 164 Å². The van der Waals surface area contributed by atoms with Crippen LogP contribution in [0.2, 0.25) is 0 Å². The molecule has 1 N–H and O–H groups in total. The largest absolute Gasteiger partial charge is 0.450 e. The van der Waals surface area contributed by atoms with Gasteiger partial charge in [0, 0.05) is 49.2 Å². The van der Waals surface area contributed by atoms with Crippen LogP contribution in [0.15, 0.2) is 30.3 Å². The number of hydrogen-bond donors (Lipinski definition) is 1. The average molecular weight is 383 g/mol. The molecule has 0 atom stereocenters. The van der Waals surface area contributed by atoms with Crippen LogP contribution < -0.4 is 10.2 Å². The second-order valence-electron chi connectivity index (χ2n) is 6.63. The Kier molecular flexibility index (Phi) is 6.08. The molecule has 1 saturated heterocycles. The number of nitrogens with one attached hydrogen (secondary N) is 1. The van der Waals surface area contributed by atoms with Crippen molar-refractivity contribution in [2.45, 2.75) is 20.8 Å². The Balaban J connectivity index is 1.71. The van der Waals surface area contributed by atoms with Crippen LogP contribution in [0, 0.1) is 6.92 Å². The van der Waals surface area contributed by atoms with Gasteiger partial charge >= 0.3 is 6.09 Å². The highest BCUT2D eigenvalue weighted by Crippen LogP contribution is 2.20. The molecule has 0 spiro atoms. The number of ketones is 1. The number of aryl methyl sites for hydroxylation is 1. The molecule has 1 aliphatic rings. The number of anilines is 3. The molecule has 1 fully saturated rings. The summed E-state index contributed by atoms with van der Waals surface area (Å²) in [5.41, 5.74) is 2.23. The van der Waals surface area contributed by atoms with Crippen molar-refractivity contribution in [2.24, 2.45) is 0 Å². The Hall–Kier alpha value is -3.16. The van der Waals surface area contributed by atoms with Crippen molar-refractivity contribution in [3.63, 3.8) is 0 Å². The van der Waals surface area contributed by atoms with E-state index in [4.69, 9.17) is 4.74 Å². The lowest BCUT2D eigenvalue weighted by molar-refractivity contribution is 0.101. The van der Waals surface area contributed by atoms with Crippen molar-refractivity contribution in [1.29, 1.82) is 0 Å². The van der Waals surface area contributed by atoms with E-state index in [1.54, 1.807) is 24.0 Å². The highest BCUT2D eigenvalue weighted by molar-refractivity contribution is 5.95. The van der Waals surface area contributed by atoms with Crippen LogP contribution in [-0.4, -0.2) is 59.5 Å². The first-order chi connectivity index (χ1) is 13.5. The maximum atomic E-state index is 11.9. The summed E-state index contributed by atoms with van der Waals surface area (Å²) in [7, 11) is 0. The summed E-state index contributed by atoms with van der Waals surface area (Å²) in [4.78, 5) is 36.3. The van der Waals surface area contributed by atoms with Gasteiger partial charge in [-0.3, -0.25) is 4.79 Å². The van der Waals surface area contributed by atoms with Crippen LogP contribution in [0.5, 0.6) is 0 Å². The van der Waals surface area contributed by atoms with E-state index in [1.807, 2.05) is 25.1 Å². The molecule has 0 radical (unpaired) electrons. The fraction of sp³-hybridized carbons (Fsp3) is 0.400. The summed E-state index contributed by atoms with van der Waals surface area (Å²) in [5.74, 6) is 1.29. The summed E-state index contributed by atoms with van der Waals surface area (Å²) in [6.07, 6.45) is -0.270. The van der Waals surface area contributed by atoms with Crippen molar-refractivity contribution in [2.75, 3.05) is 43.0 Å². The summed E-state index contributed by atoms with van der Waals surface area (Å²) in [6.45, 7) is 8.16. The van der Waals surface area contributed by atoms with E-state index in [2.05, 4.69) is 20.2 Å². The Morgan fingerprint density at radius 2 is 1.89 bits per heavy atom. The predicted molar refractivity (Wildman–Crippen MR) is 107 cm³/mol. The fourth-order valence-corrected chi connectivity index (χ4v) is 3.05. The number of rotatable bonds is 5. The summed E-state index contributed by atoms with van der Waals surface area (Å²) in [5, 5.41) is 3.18. The maximum absolute atomic E-state index is 11.9. The molecule has 2 aromatic rings. The average Bonchev–Trinajstić information content (AvgIpc) is 2.68. The molecule has 148 valence electrons. The summed E-state index contributed by atoms with van der Waals surface area (Å²) >= 11 is 0. The van der Waals surface area contributed by atoms with Crippen LogP contribution in [0.3, 0.4) is 0 Å². The second-order valence-corrected chi connectivity index (χ2v) is 6.63. The number of benzene rings is 1. The molecular weight excluding hydrogens is 358 g/mol. The smallest absolute Gasteiger partial charge is 0.409 e. The lowest BCUT2D eigenvalue weighted by Gasteiger charge is -2.34. The molecule has 1 aromatic carbocycles. The van der Waals surface area contributed by atoms with Crippen LogP contribution in [0.25, 0.3) is 0 Å². The number of piperazine rings is 1. The van der Waals surface area contributed by atoms with Gasteiger partial charge in [0.1, 0.15) is 5.82 Å². The Bertz CT molecular complexity index is 863. The van der Waals surface area contributed by atoms with E-state index in [0.717, 1.165) is 17.2 Å². The van der Waals surface area contributed by atoms with Gasteiger partial charge in [-0.25, -0.2) is 9.78 Å². The minimum atomic E-state index is -0.270. The second kappa shape index (κ2) is 8.69. The van der Waals surface area contributed by atoms with Crippen molar-refractivity contribution in [3.05, 3.63) is 41.6 Å². The number of Topliss-reactive ketones (excluding diaryl/α,β-unsaturated/α-hetero) is 1. The van der Waals surface area contributed by atoms with Gasteiger partial charge in [-0.05, 0) is 32.9 Å². The van der Waals surface area contributed by atoms with Crippen LogP contribution in [0.4, 0.5) is 22.2 Å². The number of nitrogens with zero attached hydrogens (tertiary/aromatic N) is 4. The lowest BCUT2D eigenvalue weighted by Crippen LogP contribution is -2.49. The fourth-order valence-electron chi connectivity index (χ4n) is 3.05. The summed E-state index contributed by atoms with van der Waals surface area (Å²) < 4.78 is 5.06. The monoisotopic (exact) mass is 383 g/mol. The minimum Gasteiger partial charge on any atom is -0.450 e. The predicted octanol–water partition coefficient (Wildman–Crippen LogP) is 3.01. The summed E-state index contributed by atoms with van der Waals surface area (Å²) in [6, 6.07) is 9.18. The van der Waals surface area contributed by atoms with Crippen molar-refractivity contribution >= 4 is 29.3 Å². The van der Waals surface area contributed by atoms with Gasteiger partial charge in [0.15, 0.2) is 5.78 Å². The SMILES string of the molecule is CCOC(=O)N1CCN(c2cc(C)nc(Nc3cccc(C(C)=O)c3)n2)CC1. The normalized spacial score (nSPS) is 14.0. The number of carbonyl (C=O) groups excluding carboxylic acids is 2. The topological polar surface area (TPSA) is 87.7 Å². The van der Waals surface area contributed by atoms with Crippen LogP contribution in [-0.2, 0) is 4.74 Å². The third-order valence-electron chi connectivity index (χ3n) is 4.50. The lowest BCUT2D eigenvalue weighted by atomic mass is 10.1. The molecule has 0 unspecified atom stereocenters. The number of aromatic nitrogens is 2. The molecule has 1 aromatic heterocycles. The molecule has 3 rings (SSSR count). The van der Waals surface area contributed by atoms with E-state index in [9.17, 15) is 9.59 Å². The molecule has 8 nitrogen and oxygen atoms in total. The number of carbonyl (C=O) groups is 2. The number of ether oxygens (including phenoxy) is 1. The highest BCUT2D eigenvalue weighted by Gasteiger charge is 2.23. The highest BCUT2D eigenvalue weighted by atomic mass is 16.6. The van der Waals surface area contributed by atoms with Gasteiger partial charge in [0.05, 0.1) is 6.61 Å². The zero-order valence-corrected chi connectivity index (χ0v) is 16.4. The van der Waals surface area contributed by atoms with Crippen LogP contribution in [0.1, 0.15) is 29.9 Å². The molecule has 0 aliphatic carbocycles. The zero-order valence-electron chi connectivity index (χ0n) is 16.4. The van der Waals surface area contributed by atoms with E-state index in [0.29, 0.717) is 44.3 Å². The first kappa shape index (κ1) is 19.6. The third kappa shape index (κ3) is 4.76. The quantitative estimate of drug-likeness (QED) is 0.794. The van der Waals surface area contributed by atoms with Crippen molar-refractivity contribution < 1.29 is 14.3 Å². The van der Waals surface area contributed by atoms with Crippen LogP contribution >= 0.6 is 0 Å². The van der Waals surface area contributed by atoms with Crippen molar-refractivity contribution in [1.82, 2.24) is 14.9 Å². The van der Waals surface area contributed by atoms with E-state index < -0.39 is 0 Å². The molecule has 0 bridgehead atoms. The van der Waals surface area contributed by atoms with E-state index in [1.165, 1.54) is 6.92 Å². The number of amides is 1. The Morgan fingerprint density at radius 3 is 2.57 bits per heavy atom. The van der Waals surface area contributed by atoms with E-state index >= 15 is 0 Å². The van der Waals surface area contributed by atoms with Gasteiger partial charge in [-0.2, -0.15) is 4.98 Å². The van der Waals surface area contributed by atoms with Gasteiger partial charge in [0.25, 0.3) is 0 Å². The molecular formula is C20H25N5O3. The molecule has 1 aliphatic heterocycles. The molecule has 8 heteroatoms. The third-order valence-corrected chi connectivity index (χ3v) is 4.50.